The first kappa shape index (κ1) is 12.7. The van der Waals surface area contributed by atoms with E-state index in [0.717, 1.165) is 24.0 Å². The highest BCUT2D eigenvalue weighted by atomic mass is 32.2. The summed E-state index contributed by atoms with van der Waals surface area (Å²) in [5.74, 6) is 1.06. The van der Waals surface area contributed by atoms with Crippen molar-refractivity contribution in [1.29, 1.82) is 0 Å². The fraction of sp³-hybridized carbons (Fsp3) is 0.538. The molecule has 1 saturated heterocycles. The fourth-order valence-corrected chi connectivity index (χ4v) is 3.50. The van der Waals surface area contributed by atoms with Gasteiger partial charge in [0.05, 0.1) is 0 Å². The Bertz CT molecular complexity index is 386. The summed E-state index contributed by atoms with van der Waals surface area (Å²) in [5.41, 5.74) is 0.817. The molecular weight excluding hydrogens is 240 g/mol. The van der Waals surface area contributed by atoms with Crippen LogP contribution in [-0.4, -0.2) is 17.5 Å². The minimum Gasteiger partial charge on any atom is -0.381 e. The standard InChI is InChI=1S/C13H17F2NS/c1-13(2)6-12(7-17-8-13)16-11-4-9(14)3-10(15)5-11/h3-5,12,16H,6-8H2,1-2H3. The highest BCUT2D eigenvalue weighted by molar-refractivity contribution is 7.99. The van der Waals surface area contributed by atoms with E-state index in [0.29, 0.717) is 5.69 Å². The molecule has 0 radical (unpaired) electrons. The third kappa shape index (κ3) is 3.60. The van der Waals surface area contributed by atoms with Crippen LogP contribution in [0.5, 0.6) is 0 Å². The summed E-state index contributed by atoms with van der Waals surface area (Å²) >= 11 is 1.89. The van der Waals surface area contributed by atoms with E-state index in [9.17, 15) is 8.78 Å². The van der Waals surface area contributed by atoms with Gasteiger partial charge in [0.2, 0.25) is 0 Å². The minimum absolute atomic E-state index is 0.282. The quantitative estimate of drug-likeness (QED) is 0.862. The molecule has 1 fully saturated rings. The molecule has 0 amide bonds. The maximum absolute atomic E-state index is 13.0. The largest absolute Gasteiger partial charge is 0.381 e. The number of hydrogen-bond acceptors (Lipinski definition) is 2. The highest BCUT2D eigenvalue weighted by Gasteiger charge is 2.28. The van der Waals surface area contributed by atoms with Gasteiger partial charge in [-0.2, -0.15) is 11.8 Å². The highest BCUT2D eigenvalue weighted by Crippen LogP contribution is 2.34. The molecule has 0 spiro atoms. The van der Waals surface area contributed by atoms with Crippen LogP contribution < -0.4 is 5.32 Å². The Hall–Kier alpha value is -0.770. The van der Waals surface area contributed by atoms with Crippen LogP contribution in [-0.2, 0) is 0 Å². The van der Waals surface area contributed by atoms with Gasteiger partial charge in [-0.1, -0.05) is 13.8 Å². The van der Waals surface area contributed by atoms with E-state index in [1.807, 2.05) is 11.8 Å². The van der Waals surface area contributed by atoms with Gasteiger partial charge in [-0.25, -0.2) is 8.78 Å². The summed E-state index contributed by atoms with van der Waals surface area (Å²) in [5, 5.41) is 3.22. The molecule has 17 heavy (non-hydrogen) atoms. The minimum atomic E-state index is -0.532. The normalized spacial score (nSPS) is 23.4. The molecule has 0 bridgehead atoms. The number of halogens is 2. The fourth-order valence-electron chi connectivity index (χ4n) is 2.23. The number of anilines is 1. The van der Waals surface area contributed by atoms with Crippen LogP contribution in [0.2, 0.25) is 0 Å². The molecule has 1 aromatic rings. The Morgan fingerprint density at radius 3 is 2.47 bits per heavy atom. The monoisotopic (exact) mass is 257 g/mol. The van der Waals surface area contributed by atoms with Gasteiger partial charge in [0, 0.05) is 23.5 Å². The topological polar surface area (TPSA) is 12.0 Å². The van der Waals surface area contributed by atoms with Crippen molar-refractivity contribution in [2.75, 3.05) is 16.8 Å². The molecule has 1 unspecified atom stereocenters. The molecule has 4 heteroatoms. The zero-order chi connectivity index (χ0) is 12.5. The maximum Gasteiger partial charge on any atom is 0.128 e. The smallest absolute Gasteiger partial charge is 0.128 e. The molecule has 94 valence electrons. The predicted molar refractivity (Wildman–Crippen MR) is 69.5 cm³/mol. The van der Waals surface area contributed by atoms with Crippen molar-refractivity contribution in [3.05, 3.63) is 29.8 Å². The number of nitrogens with one attached hydrogen (secondary N) is 1. The molecule has 1 N–H and O–H groups in total. The third-order valence-electron chi connectivity index (χ3n) is 2.84. The Morgan fingerprint density at radius 2 is 1.88 bits per heavy atom. The van der Waals surface area contributed by atoms with Gasteiger partial charge in [-0.15, -0.1) is 0 Å². The lowest BCUT2D eigenvalue weighted by atomic mass is 9.88. The second-order valence-electron chi connectivity index (χ2n) is 5.38. The van der Waals surface area contributed by atoms with Crippen LogP contribution in [0.25, 0.3) is 0 Å². The van der Waals surface area contributed by atoms with Gasteiger partial charge in [-0.05, 0) is 29.7 Å². The predicted octanol–water partition coefficient (Wildman–Crippen LogP) is 3.91. The summed E-state index contributed by atoms with van der Waals surface area (Å²) < 4.78 is 26.1. The van der Waals surface area contributed by atoms with Crippen molar-refractivity contribution in [1.82, 2.24) is 0 Å². The van der Waals surface area contributed by atoms with E-state index < -0.39 is 11.6 Å². The summed E-state index contributed by atoms with van der Waals surface area (Å²) in [7, 11) is 0. The number of benzene rings is 1. The zero-order valence-electron chi connectivity index (χ0n) is 10.1. The molecule has 1 atom stereocenters. The summed E-state index contributed by atoms with van der Waals surface area (Å²) in [4.78, 5) is 0. The lowest BCUT2D eigenvalue weighted by Gasteiger charge is -2.35. The van der Waals surface area contributed by atoms with Gasteiger partial charge in [-0.3, -0.25) is 0 Å². The van der Waals surface area contributed by atoms with E-state index in [4.69, 9.17) is 0 Å². The second kappa shape index (κ2) is 4.84. The van der Waals surface area contributed by atoms with E-state index in [-0.39, 0.29) is 11.5 Å². The van der Waals surface area contributed by atoms with Crippen LogP contribution in [0.3, 0.4) is 0 Å². The summed E-state index contributed by atoms with van der Waals surface area (Å²) in [6.45, 7) is 4.44. The Labute approximate surface area is 105 Å². The van der Waals surface area contributed by atoms with Crippen LogP contribution in [0.1, 0.15) is 20.3 Å². The maximum atomic E-state index is 13.0. The van der Waals surface area contributed by atoms with E-state index in [2.05, 4.69) is 19.2 Å². The van der Waals surface area contributed by atoms with Crippen molar-refractivity contribution >= 4 is 17.4 Å². The first-order valence-corrected chi connectivity index (χ1v) is 6.90. The average Bonchev–Trinajstić information content (AvgIpc) is 2.13. The summed E-state index contributed by atoms with van der Waals surface area (Å²) in [6.07, 6.45) is 1.03. The third-order valence-corrected chi connectivity index (χ3v) is 4.47. The Balaban J connectivity index is 2.05. The molecule has 1 aromatic carbocycles. The van der Waals surface area contributed by atoms with Crippen LogP contribution >= 0.6 is 11.8 Å². The molecule has 1 aliphatic heterocycles. The SMILES string of the molecule is CC1(C)CSCC(Nc2cc(F)cc(F)c2)C1. The molecule has 1 heterocycles. The van der Waals surface area contributed by atoms with Crippen molar-refractivity contribution in [2.45, 2.75) is 26.3 Å². The summed E-state index contributed by atoms with van der Waals surface area (Å²) in [6, 6.07) is 3.86. The number of rotatable bonds is 2. The van der Waals surface area contributed by atoms with Crippen molar-refractivity contribution in [2.24, 2.45) is 5.41 Å². The van der Waals surface area contributed by atoms with Crippen molar-refractivity contribution < 1.29 is 8.78 Å². The molecule has 0 saturated carbocycles. The average molecular weight is 257 g/mol. The van der Waals surface area contributed by atoms with E-state index in [1.54, 1.807) is 0 Å². The van der Waals surface area contributed by atoms with Crippen LogP contribution in [0.4, 0.5) is 14.5 Å². The number of thioether (sulfide) groups is 1. The lowest BCUT2D eigenvalue weighted by Crippen LogP contribution is -2.35. The molecule has 0 aliphatic carbocycles. The van der Waals surface area contributed by atoms with Gasteiger partial charge >= 0.3 is 0 Å². The first-order chi connectivity index (χ1) is 7.94. The van der Waals surface area contributed by atoms with Crippen LogP contribution in [0.15, 0.2) is 18.2 Å². The Kier molecular flexibility index (Phi) is 3.61. The van der Waals surface area contributed by atoms with Gasteiger partial charge in [0.1, 0.15) is 11.6 Å². The van der Waals surface area contributed by atoms with E-state index >= 15 is 0 Å². The molecule has 1 nitrogen and oxygen atoms in total. The molecular formula is C13H17F2NS. The number of hydrogen-bond donors (Lipinski definition) is 1. The van der Waals surface area contributed by atoms with Gasteiger partial charge in [0.25, 0.3) is 0 Å². The lowest BCUT2D eigenvalue weighted by molar-refractivity contribution is 0.358. The van der Waals surface area contributed by atoms with E-state index in [1.165, 1.54) is 12.1 Å². The van der Waals surface area contributed by atoms with Crippen LogP contribution in [0, 0.1) is 17.0 Å². The molecule has 0 aromatic heterocycles. The Morgan fingerprint density at radius 1 is 1.24 bits per heavy atom. The molecule has 2 rings (SSSR count). The first-order valence-electron chi connectivity index (χ1n) is 5.75. The van der Waals surface area contributed by atoms with Gasteiger partial charge < -0.3 is 5.32 Å². The van der Waals surface area contributed by atoms with Crippen molar-refractivity contribution in [3.63, 3.8) is 0 Å². The zero-order valence-corrected chi connectivity index (χ0v) is 10.9. The van der Waals surface area contributed by atoms with Crippen molar-refractivity contribution in [3.8, 4) is 0 Å². The molecule has 1 aliphatic rings. The van der Waals surface area contributed by atoms with Gasteiger partial charge in [0.15, 0.2) is 0 Å². The second-order valence-corrected chi connectivity index (χ2v) is 6.41.